The van der Waals surface area contributed by atoms with Crippen LogP contribution in [0.3, 0.4) is 0 Å². The molecule has 1 saturated heterocycles. The molecule has 5 heteroatoms. The van der Waals surface area contributed by atoms with E-state index < -0.39 is 0 Å². The van der Waals surface area contributed by atoms with Crippen LogP contribution in [-0.2, 0) is 4.79 Å². The highest BCUT2D eigenvalue weighted by atomic mass is 35.5. The van der Waals surface area contributed by atoms with Gasteiger partial charge in [0, 0.05) is 24.2 Å². The fourth-order valence-corrected chi connectivity index (χ4v) is 2.65. The molecule has 1 aromatic carbocycles. The molecule has 2 N–H and O–H groups in total. The molecule has 0 bridgehead atoms. The maximum absolute atomic E-state index is 12.1. The normalized spacial score (nSPS) is 17.9. The molecule has 0 saturated carbocycles. The van der Waals surface area contributed by atoms with Crippen LogP contribution in [0.2, 0.25) is 5.02 Å². The summed E-state index contributed by atoms with van der Waals surface area (Å²) in [4.78, 5) is 13.9. The van der Waals surface area contributed by atoms with Crippen molar-refractivity contribution in [1.82, 2.24) is 4.90 Å². The van der Waals surface area contributed by atoms with Crippen molar-refractivity contribution in [3.63, 3.8) is 0 Å². The lowest BCUT2D eigenvalue weighted by Crippen LogP contribution is -2.44. The van der Waals surface area contributed by atoms with Crippen molar-refractivity contribution in [1.29, 1.82) is 0 Å². The quantitative estimate of drug-likeness (QED) is 0.927. The number of halogens is 1. The van der Waals surface area contributed by atoms with E-state index in [1.165, 1.54) is 0 Å². The highest BCUT2D eigenvalue weighted by Crippen LogP contribution is 2.20. The van der Waals surface area contributed by atoms with Gasteiger partial charge in [0.1, 0.15) is 5.75 Å². The summed E-state index contributed by atoms with van der Waals surface area (Å²) >= 11 is 5.87. The fourth-order valence-electron chi connectivity index (χ4n) is 2.47. The first-order valence-corrected chi connectivity index (χ1v) is 7.36. The van der Waals surface area contributed by atoms with Gasteiger partial charge in [0.15, 0.2) is 6.61 Å². The van der Waals surface area contributed by atoms with Crippen LogP contribution in [0.4, 0.5) is 0 Å². The molecular weight excluding hydrogens is 276 g/mol. The van der Waals surface area contributed by atoms with E-state index in [0.29, 0.717) is 16.7 Å². The lowest BCUT2D eigenvalue weighted by Gasteiger charge is -2.33. The van der Waals surface area contributed by atoms with E-state index in [-0.39, 0.29) is 18.6 Å². The van der Waals surface area contributed by atoms with Gasteiger partial charge in [0.05, 0.1) is 0 Å². The average molecular weight is 297 g/mol. The number of hydrogen-bond acceptors (Lipinski definition) is 3. The third kappa shape index (κ3) is 4.12. The number of nitrogens with two attached hydrogens (primary N) is 1. The molecule has 0 aliphatic carbocycles. The van der Waals surface area contributed by atoms with E-state index in [2.05, 4.69) is 0 Å². The summed E-state index contributed by atoms with van der Waals surface area (Å²) in [6, 6.07) is 7.28. The zero-order valence-electron chi connectivity index (χ0n) is 11.7. The van der Waals surface area contributed by atoms with Crippen LogP contribution in [0.1, 0.15) is 19.8 Å². The molecule has 1 fully saturated rings. The molecule has 0 radical (unpaired) electrons. The monoisotopic (exact) mass is 296 g/mol. The number of benzene rings is 1. The Balaban J connectivity index is 1.78. The van der Waals surface area contributed by atoms with Crippen molar-refractivity contribution in [2.75, 3.05) is 19.7 Å². The molecular formula is C15H21ClN2O2. The van der Waals surface area contributed by atoms with Crippen LogP contribution in [0.15, 0.2) is 24.3 Å². The smallest absolute Gasteiger partial charge is 0.260 e. The van der Waals surface area contributed by atoms with Crippen molar-refractivity contribution < 1.29 is 9.53 Å². The van der Waals surface area contributed by atoms with Gasteiger partial charge in [0.25, 0.3) is 5.91 Å². The van der Waals surface area contributed by atoms with E-state index in [1.54, 1.807) is 24.3 Å². The number of amides is 1. The maximum Gasteiger partial charge on any atom is 0.260 e. The van der Waals surface area contributed by atoms with Crippen molar-refractivity contribution in [3.8, 4) is 5.75 Å². The van der Waals surface area contributed by atoms with Crippen molar-refractivity contribution >= 4 is 17.5 Å². The Morgan fingerprint density at radius 1 is 1.50 bits per heavy atom. The molecule has 1 aliphatic rings. The van der Waals surface area contributed by atoms with Gasteiger partial charge in [-0.25, -0.2) is 0 Å². The minimum absolute atomic E-state index is 0.0214. The Morgan fingerprint density at radius 2 is 2.20 bits per heavy atom. The van der Waals surface area contributed by atoms with Crippen molar-refractivity contribution in [2.45, 2.75) is 25.8 Å². The van der Waals surface area contributed by atoms with Gasteiger partial charge in [0.2, 0.25) is 0 Å². The van der Waals surface area contributed by atoms with Crippen LogP contribution in [0.25, 0.3) is 0 Å². The van der Waals surface area contributed by atoms with Crippen molar-refractivity contribution in [3.05, 3.63) is 29.3 Å². The van der Waals surface area contributed by atoms with E-state index in [9.17, 15) is 4.79 Å². The summed E-state index contributed by atoms with van der Waals surface area (Å²) in [6.07, 6.45) is 1.95. The molecule has 1 heterocycles. The molecule has 1 aromatic rings. The van der Waals surface area contributed by atoms with Crippen LogP contribution in [0, 0.1) is 5.92 Å². The Morgan fingerprint density at radius 3 is 2.80 bits per heavy atom. The summed E-state index contributed by atoms with van der Waals surface area (Å²) in [5, 5.41) is 0.604. The topological polar surface area (TPSA) is 55.6 Å². The number of ether oxygens (including phenoxy) is 1. The van der Waals surface area contributed by atoms with E-state index in [4.69, 9.17) is 22.1 Å². The zero-order chi connectivity index (χ0) is 14.5. The SMILES string of the molecule is CC(N)C1CCN(C(=O)COc2cccc(Cl)c2)CC1. The molecule has 110 valence electrons. The second-order valence-corrected chi connectivity index (χ2v) is 5.76. The number of hydrogen-bond donors (Lipinski definition) is 1. The Bertz CT molecular complexity index is 457. The number of rotatable bonds is 4. The molecule has 1 atom stereocenters. The average Bonchev–Trinajstić information content (AvgIpc) is 2.45. The van der Waals surface area contributed by atoms with Gasteiger partial charge in [-0.1, -0.05) is 17.7 Å². The lowest BCUT2D eigenvalue weighted by molar-refractivity contribution is -0.134. The highest BCUT2D eigenvalue weighted by Gasteiger charge is 2.24. The van der Waals surface area contributed by atoms with Gasteiger partial charge < -0.3 is 15.4 Å². The molecule has 1 amide bonds. The molecule has 2 rings (SSSR count). The van der Waals surface area contributed by atoms with Crippen LogP contribution in [0.5, 0.6) is 5.75 Å². The van der Waals surface area contributed by atoms with Crippen LogP contribution < -0.4 is 10.5 Å². The third-order valence-electron chi connectivity index (χ3n) is 3.79. The molecule has 20 heavy (non-hydrogen) atoms. The summed E-state index contributed by atoms with van der Waals surface area (Å²) in [6.45, 7) is 3.63. The van der Waals surface area contributed by atoms with Gasteiger partial charge in [-0.15, -0.1) is 0 Å². The molecule has 1 unspecified atom stereocenters. The summed E-state index contributed by atoms with van der Waals surface area (Å²) in [5.74, 6) is 1.16. The largest absolute Gasteiger partial charge is 0.484 e. The first-order chi connectivity index (χ1) is 9.56. The Hall–Kier alpha value is -1.26. The number of piperidine rings is 1. The van der Waals surface area contributed by atoms with Crippen LogP contribution in [-0.4, -0.2) is 36.5 Å². The van der Waals surface area contributed by atoms with E-state index in [1.807, 2.05) is 11.8 Å². The van der Waals surface area contributed by atoms with E-state index in [0.717, 1.165) is 25.9 Å². The minimum atomic E-state index is 0.0214. The zero-order valence-corrected chi connectivity index (χ0v) is 12.5. The molecule has 0 aromatic heterocycles. The Kier molecular flexibility index (Phi) is 5.26. The predicted molar refractivity (Wildman–Crippen MR) is 79.9 cm³/mol. The first kappa shape index (κ1) is 15.1. The predicted octanol–water partition coefficient (Wildman–Crippen LogP) is 2.30. The fraction of sp³-hybridized carbons (Fsp3) is 0.533. The second kappa shape index (κ2) is 6.95. The molecule has 4 nitrogen and oxygen atoms in total. The van der Waals surface area contributed by atoms with Gasteiger partial charge in [-0.05, 0) is 43.9 Å². The summed E-state index contributed by atoms with van der Waals surface area (Å²) in [7, 11) is 0. The minimum Gasteiger partial charge on any atom is -0.484 e. The standard InChI is InChI=1S/C15H21ClN2O2/c1-11(17)12-5-7-18(8-6-12)15(19)10-20-14-4-2-3-13(16)9-14/h2-4,9,11-12H,5-8,10,17H2,1H3. The lowest BCUT2D eigenvalue weighted by atomic mass is 9.91. The molecule has 1 aliphatic heterocycles. The summed E-state index contributed by atoms with van der Waals surface area (Å²) < 4.78 is 5.48. The second-order valence-electron chi connectivity index (χ2n) is 5.32. The number of nitrogens with zero attached hydrogens (tertiary/aromatic N) is 1. The number of carbonyl (C=O) groups is 1. The third-order valence-corrected chi connectivity index (χ3v) is 4.03. The van der Waals surface area contributed by atoms with E-state index >= 15 is 0 Å². The molecule has 0 spiro atoms. The first-order valence-electron chi connectivity index (χ1n) is 6.98. The highest BCUT2D eigenvalue weighted by molar-refractivity contribution is 6.30. The maximum atomic E-state index is 12.1. The van der Waals surface area contributed by atoms with Gasteiger partial charge in [-0.3, -0.25) is 4.79 Å². The van der Waals surface area contributed by atoms with Crippen LogP contribution >= 0.6 is 11.6 Å². The summed E-state index contributed by atoms with van der Waals surface area (Å²) in [5.41, 5.74) is 5.90. The van der Waals surface area contributed by atoms with Gasteiger partial charge >= 0.3 is 0 Å². The van der Waals surface area contributed by atoms with Gasteiger partial charge in [-0.2, -0.15) is 0 Å². The Labute approximate surface area is 124 Å². The number of carbonyl (C=O) groups excluding carboxylic acids is 1. The number of likely N-dealkylation sites (tertiary alicyclic amines) is 1. The van der Waals surface area contributed by atoms with Crippen molar-refractivity contribution in [2.24, 2.45) is 11.7 Å².